The van der Waals surface area contributed by atoms with Crippen LogP contribution in [0.1, 0.15) is 38.8 Å². The molecule has 0 amide bonds. The maximum absolute atomic E-state index is 12.8. The molecule has 0 aliphatic carbocycles. The molecule has 0 heterocycles. The Labute approximate surface area is 180 Å². The zero-order valence-corrected chi connectivity index (χ0v) is 19.5. The van der Waals surface area contributed by atoms with Gasteiger partial charge in [-0.15, -0.1) is 0 Å². The summed E-state index contributed by atoms with van der Waals surface area (Å²) < 4.78 is 50.6. The van der Waals surface area contributed by atoms with E-state index in [1.54, 1.807) is 24.3 Å². The van der Waals surface area contributed by atoms with E-state index in [9.17, 15) is 16.8 Å². The summed E-state index contributed by atoms with van der Waals surface area (Å²) in [6.45, 7) is 6.94. The Morgan fingerprint density at radius 2 is 0.967 bits per heavy atom. The highest BCUT2D eigenvalue weighted by molar-refractivity contribution is 8.14. The van der Waals surface area contributed by atoms with Crippen molar-refractivity contribution in [1.29, 1.82) is 0 Å². The van der Waals surface area contributed by atoms with Crippen molar-refractivity contribution < 1.29 is 16.8 Å². The molecule has 2 aromatic rings. The van der Waals surface area contributed by atoms with Crippen LogP contribution in [0, 0.1) is 0 Å². The predicted molar refractivity (Wildman–Crippen MR) is 125 cm³/mol. The summed E-state index contributed by atoms with van der Waals surface area (Å²) in [7, 11) is -8.06. The second kappa shape index (κ2) is 10.1. The summed E-state index contributed by atoms with van der Waals surface area (Å²) >= 11 is 0. The first-order valence-corrected chi connectivity index (χ1v) is 13.4. The van der Waals surface area contributed by atoms with E-state index in [1.807, 2.05) is 38.1 Å². The van der Waals surface area contributed by atoms with Gasteiger partial charge in [0.25, 0.3) is 0 Å². The molecule has 2 aromatic carbocycles. The largest absolute Gasteiger partial charge is 0.340 e. The normalized spacial score (nSPS) is 11.7. The number of hydrogen-bond donors (Lipinski definition) is 2. The first-order valence-electron chi connectivity index (χ1n) is 10.1. The fourth-order valence-corrected chi connectivity index (χ4v) is 6.44. The molecule has 0 aliphatic heterocycles. The molecule has 0 unspecified atom stereocenters. The van der Waals surface area contributed by atoms with E-state index in [0.29, 0.717) is 11.4 Å². The van der Waals surface area contributed by atoms with Crippen molar-refractivity contribution >= 4 is 31.0 Å². The van der Waals surface area contributed by atoms with Gasteiger partial charge in [0, 0.05) is 11.4 Å². The Hall–Kier alpha value is -2.32. The van der Waals surface area contributed by atoms with Gasteiger partial charge in [0.1, 0.15) is 5.82 Å². The summed E-state index contributed by atoms with van der Waals surface area (Å²) in [5.41, 5.74) is 3.43. The Kier molecular flexibility index (Phi) is 8.09. The van der Waals surface area contributed by atoms with Crippen LogP contribution in [-0.2, 0) is 32.5 Å². The van der Waals surface area contributed by atoms with Gasteiger partial charge in [-0.25, -0.2) is 16.8 Å². The lowest BCUT2D eigenvalue weighted by Crippen LogP contribution is -2.25. The van der Waals surface area contributed by atoms with Gasteiger partial charge < -0.3 is 10.6 Å². The topological polar surface area (TPSA) is 92.3 Å². The predicted octanol–water partition coefficient (Wildman–Crippen LogP) is 4.33. The van der Waals surface area contributed by atoms with Gasteiger partial charge in [0.05, 0.1) is 11.5 Å². The van der Waals surface area contributed by atoms with E-state index < -0.39 is 23.9 Å². The zero-order chi connectivity index (χ0) is 22.4. The molecular formula is C22H30N2O4S2. The van der Waals surface area contributed by atoms with E-state index in [-0.39, 0.29) is 17.3 Å². The lowest BCUT2D eigenvalue weighted by molar-refractivity contribution is 0.596. The molecule has 0 atom stereocenters. The first kappa shape index (κ1) is 24.0. The summed E-state index contributed by atoms with van der Waals surface area (Å²) in [5.74, 6) is -0.706. The Bertz CT molecular complexity index is 999. The maximum atomic E-state index is 12.8. The first-order chi connectivity index (χ1) is 14.2. The molecule has 0 bridgehead atoms. The van der Waals surface area contributed by atoms with Crippen molar-refractivity contribution in [1.82, 2.24) is 0 Å². The highest BCUT2D eigenvalue weighted by atomic mass is 32.3. The molecule has 164 valence electrons. The fourth-order valence-electron chi connectivity index (χ4n) is 2.84. The second-order valence-electron chi connectivity index (χ2n) is 6.82. The molecule has 2 N–H and O–H groups in total. The van der Waals surface area contributed by atoms with Crippen LogP contribution in [0.3, 0.4) is 0 Å². The second-order valence-corrected chi connectivity index (χ2v) is 11.5. The van der Waals surface area contributed by atoms with Crippen LogP contribution >= 0.6 is 0 Å². The number of sulfone groups is 2. The number of rotatable bonds is 10. The van der Waals surface area contributed by atoms with Crippen molar-refractivity contribution in [3.63, 3.8) is 0 Å². The standard InChI is InChI=1S/C22H30N2O4S2/c1-5-17-9-13-19(14-10-17)23-21(24-20-15-11-18(6-2)12-16-20)22(29(25,26)7-3)30(27,28)8-4/h9-16,23-24H,5-8H2,1-4H3. The molecule has 0 saturated heterocycles. The summed E-state index contributed by atoms with van der Waals surface area (Å²) in [5, 5.41) is 6.00. The number of hydrogen-bond acceptors (Lipinski definition) is 6. The van der Waals surface area contributed by atoms with Crippen LogP contribution in [0.25, 0.3) is 0 Å². The van der Waals surface area contributed by atoms with Gasteiger partial charge in [-0.2, -0.15) is 0 Å². The quantitative estimate of drug-likeness (QED) is 0.560. The van der Waals surface area contributed by atoms with Gasteiger partial charge in [-0.3, -0.25) is 0 Å². The maximum Gasteiger partial charge on any atom is 0.199 e. The number of aryl methyl sites for hydroxylation is 2. The fraction of sp³-hybridized carbons (Fsp3) is 0.364. The third-order valence-corrected chi connectivity index (χ3v) is 9.37. The van der Waals surface area contributed by atoms with Crippen molar-refractivity contribution in [2.24, 2.45) is 0 Å². The van der Waals surface area contributed by atoms with E-state index >= 15 is 0 Å². The lowest BCUT2D eigenvalue weighted by Gasteiger charge is -2.19. The van der Waals surface area contributed by atoms with Gasteiger partial charge in [-0.05, 0) is 48.2 Å². The smallest absolute Gasteiger partial charge is 0.199 e. The highest BCUT2D eigenvalue weighted by Crippen LogP contribution is 2.25. The van der Waals surface area contributed by atoms with E-state index in [2.05, 4.69) is 10.6 Å². The molecule has 0 fully saturated rings. The van der Waals surface area contributed by atoms with Crippen molar-refractivity contribution in [2.75, 3.05) is 22.1 Å². The highest BCUT2D eigenvalue weighted by Gasteiger charge is 2.32. The van der Waals surface area contributed by atoms with Crippen LogP contribution in [-0.4, -0.2) is 28.3 Å². The molecule has 0 radical (unpaired) electrons. The number of benzene rings is 2. The Morgan fingerprint density at radius 1 is 0.633 bits per heavy atom. The Balaban J connectivity index is 2.65. The summed E-state index contributed by atoms with van der Waals surface area (Å²) in [6, 6.07) is 14.9. The third-order valence-electron chi connectivity index (χ3n) is 4.79. The molecular weight excluding hydrogens is 420 g/mol. The van der Waals surface area contributed by atoms with Gasteiger partial charge in [-0.1, -0.05) is 52.0 Å². The van der Waals surface area contributed by atoms with E-state index in [4.69, 9.17) is 0 Å². The van der Waals surface area contributed by atoms with Gasteiger partial charge in [0.2, 0.25) is 0 Å². The monoisotopic (exact) mass is 450 g/mol. The average molecular weight is 451 g/mol. The van der Waals surface area contributed by atoms with Crippen LogP contribution in [0.5, 0.6) is 0 Å². The summed E-state index contributed by atoms with van der Waals surface area (Å²) in [6.07, 6.45) is 1.73. The molecule has 2 rings (SSSR count). The van der Waals surface area contributed by atoms with Crippen LogP contribution in [0.15, 0.2) is 58.6 Å². The minimum atomic E-state index is -4.03. The van der Waals surface area contributed by atoms with Gasteiger partial charge >= 0.3 is 0 Å². The minimum Gasteiger partial charge on any atom is -0.340 e. The van der Waals surface area contributed by atoms with Crippen molar-refractivity contribution in [2.45, 2.75) is 40.5 Å². The molecule has 6 nitrogen and oxygen atoms in total. The molecule has 30 heavy (non-hydrogen) atoms. The molecule has 0 aromatic heterocycles. The Morgan fingerprint density at radius 3 is 1.23 bits per heavy atom. The molecule has 8 heteroatoms. The zero-order valence-electron chi connectivity index (χ0n) is 17.9. The molecule has 0 saturated carbocycles. The van der Waals surface area contributed by atoms with Gasteiger partial charge in [0.15, 0.2) is 23.9 Å². The SMILES string of the molecule is CCc1ccc(NC(Nc2ccc(CC)cc2)=C(S(=O)(=O)CC)S(=O)(=O)CC)cc1. The lowest BCUT2D eigenvalue weighted by atomic mass is 10.1. The molecule has 0 aliphatic rings. The number of nitrogens with one attached hydrogen (secondary N) is 2. The number of anilines is 2. The minimum absolute atomic E-state index is 0.0628. The van der Waals surface area contributed by atoms with E-state index in [1.165, 1.54) is 13.8 Å². The van der Waals surface area contributed by atoms with Crippen LogP contribution in [0.4, 0.5) is 11.4 Å². The third kappa shape index (κ3) is 5.86. The van der Waals surface area contributed by atoms with Crippen LogP contribution < -0.4 is 10.6 Å². The summed E-state index contributed by atoms with van der Waals surface area (Å²) in [4.78, 5) is 0. The average Bonchev–Trinajstić information content (AvgIpc) is 2.74. The van der Waals surface area contributed by atoms with Crippen molar-refractivity contribution in [3.05, 3.63) is 69.7 Å². The van der Waals surface area contributed by atoms with E-state index in [0.717, 1.165) is 24.0 Å². The van der Waals surface area contributed by atoms with Crippen LogP contribution in [0.2, 0.25) is 0 Å². The molecule has 0 spiro atoms. The van der Waals surface area contributed by atoms with Crippen molar-refractivity contribution in [3.8, 4) is 0 Å².